The molecule has 2 aromatic carbocycles. The van der Waals surface area contributed by atoms with E-state index in [0.717, 1.165) is 29.4 Å². The SMILES string of the molecule is FC(F)(F)c1ccc(C2=NNN(c3ccc(C(F)(F)F)cc3)N=C2)cc1. The van der Waals surface area contributed by atoms with Crippen LogP contribution in [0.2, 0.25) is 0 Å². The minimum absolute atomic E-state index is 0.280. The van der Waals surface area contributed by atoms with Gasteiger partial charge < -0.3 is 0 Å². The van der Waals surface area contributed by atoms with E-state index in [0.29, 0.717) is 11.3 Å². The maximum atomic E-state index is 12.6. The topological polar surface area (TPSA) is 40.0 Å². The molecule has 1 heterocycles. The monoisotopic (exact) mass is 372 g/mol. The van der Waals surface area contributed by atoms with Crippen molar-refractivity contribution in [3.05, 3.63) is 65.2 Å². The third kappa shape index (κ3) is 3.79. The molecule has 0 amide bonds. The number of nitrogens with one attached hydrogen (secondary N) is 1. The van der Waals surface area contributed by atoms with E-state index in [4.69, 9.17) is 0 Å². The van der Waals surface area contributed by atoms with Gasteiger partial charge >= 0.3 is 12.4 Å². The van der Waals surface area contributed by atoms with Crippen molar-refractivity contribution in [1.29, 1.82) is 0 Å². The van der Waals surface area contributed by atoms with Gasteiger partial charge in [0.05, 0.1) is 23.0 Å². The lowest BCUT2D eigenvalue weighted by Crippen LogP contribution is -2.34. The van der Waals surface area contributed by atoms with Gasteiger partial charge in [0, 0.05) is 5.56 Å². The van der Waals surface area contributed by atoms with E-state index in [1.54, 1.807) is 0 Å². The van der Waals surface area contributed by atoms with E-state index in [2.05, 4.69) is 15.7 Å². The second-order valence-electron chi connectivity index (χ2n) is 5.27. The Morgan fingerprint density at radius 1 is 0.731 bits per heavy atom. The molecule has 0 bridgehead atoms. The molecule has 0 saturated carbocycles. The summed E-state index contributed by atoms with van der Waals surface area (Å²) in [5.41, 5.74) is 1.92. The van der Waals surface area contributed by atoms with E-state index in [1.165, 1.54) is 30.5 Å². The number of hydrazone groups is 2. The lowest BCUT2D eigenvalue weighted by molar-refractivity contribution is -0.138. The molecule has 1 aliphatic heterocycles. The van der Waals surface area contributed by atoms with Gasteiger partial charge in [-0.15, -0.1) is 0 Å². The highest BCUT2D eigenvalue weighted by atomic mass is 19.4. The van der Waals surface area contributed by atoms with E-state index in [9.17, 15) is 26.3 Å². The maximum absolute atomic E-state index is 12.6. The first kappa shape index (κ1) is 17.8. The van der Waals surface area contributed by atoms with Crippen LogP contribution in [0.1, 0.15) is 16.7 Å². The predicted octanol–water partition coefficient (Wildman–Crippen LogP) is 4.44. The van der Waals surface area contributed by atoms with Crippen molar-refractivity contribution >= 4 is 17.6 Å². The van der Waals surface area contributed by atoms with Crippen LogP contribution in [-0.4, -0.2) is 11.9 Å². The molecule has 0 fully saturated rings. The normalized spacial score (nSPS) is 14.8. The number of hydrogen-bond donors (Lipinski definition) is 1. The maximum Gasteiger partial charge on any atom is 0.416 e. The molecule has 136 valence electrons. The number of rotatable bonds is 2. The molecule has 0 aromatic heterocycles. The number of benzene rings is 2. The van der Waals surface area contributed by atoms with Crippen LogP contribution >= 0.6 is 0 Å². The largest absolute Gasteiger partial charge is 0.416 e. The highest BCUT2D eigenvalue weighted by molar-refractivity contribution is 6.38. The smallest absolute Gasteiger partial charge is 0.197 e. The highest BCUT2D eigenvalue weighted by Gasteiger charge is 2.31. The number of nitrogens with zero attached hydrogens (tertiary/aromatic N) is 3. The summed E-state index contributed by atoms with van der Waals surface area (Å²) in [6.45, 7) is 0. The average molecular weight is 372 g/mol. The standard InChI is InChI=1S/C16H10F6N4/c17-15(18,19)11-3-1-10(2-4-11)14-9-23-26(25-24-14)13-7-5-12(6-8-13)16(20,21)22/h1-9,25H. The molecular weight excluding hydrogens is 362 g/mol. The fourth-order valence-corrected chi connectivity index (χ4v) is 2.15. The van der Waals surface area contributed by atoms with Gasteiger partial charge in [-0.05, 0) is 36.4 Å². The van der Waals surface area contributed by atoms with Crippen LogP contribution in [0.5, 0.6) is 0 Å². The fraction of sp³-hybridized carbons (Fsp3) is 0.125. The van der Waals surface area contributed by atoms with E-state index < -0.39 is 23.5 Å². The van der Waals surface area contributed by atoms with Crippen molar-refractivity contribution in [2.75, 3.05) is 5.12 Å². The summed E-state index contributed by atoms with van der Waals surface area (Å²) < 4.78 is 75.3. The van der Waals surface area contributed by atoms with Gasteiger partial charge in [0.25, 0.3) is 0 Å². The summed E-state index contributed by atoms with van der Waals surface area (Å²) in [5.74, 6) is 0. The van der Waals surface area contributed by atoms with Gasteiger partial charge in [0.15, 0.2) is 0 Å². The molecule has 4 nitrogen and oxygen atoms in total. The van der Waals surface area contributed by atoms with Crippen molar-refractivity contribution in [3.8, 4) is 0 Å². The molecule has 0 spiro atoms. The fourth-order valence-electron chi connectivity index (χ4n) is 2.15. The molecule has 0 unspecified atom stereocenters. The Labute approximate surface area is 143 Å². The summed E-state index contributed by atoms with van der Waals surface area (Å²) in [4.78, 5) is 0. The molecular formula is C16H10F6N4. The minimum atomic E-state index is -4.44. The Hall–Kier alpha value is -3.04. The predicted molar refractivity (Wildman–Crippen MR) is 83.5 cm³/mol. The van der Waals surface area contributed by atoms with Crippen molar-refractivity contribution in [2.45, 2.75) is 12.4 Å². The Morgan fingerprint density at radius 3 is 1.65 bits per heavy atom. The number of hydrogen-bond acceptors (Lipinski definition) is 4. The molecule has 0 radical (unpaired) electrons. The van der Waals surface area contributed by atoms with Crippen LogP contribution in [0.3, 0.4) is 0 Å². The molecule has 0 saturated heterocycles. The number of anilines is 1. The molecule has 3 rings (SSSR count). The minimum Gasteiger partial charge on any atom is -0.197 e. The Morgan fingerprint density at radius 2 is 1.23 bits per heavy atom. The lowest BCUT2D eigenvalue weighted by Gasteiger charge is -2.21. The van der Waals surface area contributed by atoms with Gasteiger partial charge in [-0.1, -0.05) is 12.1 Å². The first-order chi connectivity index (χ1) is 12.1. The van der Waals surface area contributed by atoms with Crippen LogP contribution in [0.4, 0.5) is 32.0 Å². The van der Waals surface area contributed by atoms with E-state index in [-0.39, 0.29) is 5.71 Å². The molecule has 1 aliphatic rings. The lowest BCUT2D eigenvalue weighted by atomic mass is 10.1. The highest BCUT2D eigenvalue weighted by Crippen LogP contribution is 2.31. The number of hydrazine groups is 1. The summed E-state index contributed by atoms with van der Waals surface area (Å²) in [6, 6.07) is 8.59. The third-order valence-electron chi connectivity index (χ3n) is 3.51. The van der Waals surface area contributed by atoms with Crippen molar-refractivity contribution in [3.63, 3.8) is 0 Å². The van der Waals surface area contributed by atoms with Crippen LogP contribution in [0.15, 0.2) is 58.7 Å². The van der Waals surface area contributed by atoms with Gasteiger partial charge in [-0.2, -0.15) is 47.2 Å². The number of alkyl halides is 6. The van der Waals surface area contributed by atoms with Gasteiger partial charge in [-0.3, -0.25) is 0 Å². The Bertz CT molecular complexity index is 835. The van der Waals surface area contributed by atoms with Crippen molar-refractivity contribution in [1.82, 2.24) is 5.53 Å². The molecule has 0 atom stereocenters. The zero-order chi connectivity index (χ0) is 18.9. The molecule has 0 aliphatic carbocycles. The molecule has 2 aromatic rings. The summed E-state index contributed by atoms with van der Waals surface area (Å²) in [6.07, 6.45) is -7.58. The summed E-state index contributed by atoms with van der Waals surface area (Å²) in [7, 11) is 0. The van der Waals surface area contributed by atoms with Crippen LogP contribution in [0.25, 0.3) is 0 Å². The van der Waals surface area contributed by atoms with Crippen molar-refractivity contribution < 1.29 is 26.3 Å². The van der Waals surface area contributed by atoms with Crippen LogP contribution in [0, 0.1) is 0 Å². The summed E-state index contributed by atoms with van der Waals surface area (Å²) in [5, 5.41) is 9.08. The Balaban J connectivity index is 1.72. The first-order valence-corrected chi connectivity index (χ1v) is 7.17. The van der Waals surface area contributed by atoms with Gasteiger partial charge in [0.2, 0.25) is 0 Å². The van der Waals surface area contributed by atoms with Gasteiger partial charge in [-0.25, -0.2) is 0 Å². The van der Waals surface area contributed by atoms with Gasteiger partial charge in [0.1, 0.15) is 5.71 Å². The summed E-state index contributed by atoms with van der Waals surface area (Å²) >= 11 is 0. The van der Waals surface area contributed by atoms with Crippen LogP contribution in [-0.2, 0) is 12.4 Å². The van der Waals surface area contributed by atoms with E-state index in [1.807, 2.05) is 0 Å². The van der Waals surface area contributed by atoms with Crippen molar-refractivity contribution in [2.24, 2.45) is 10.2 Å². The first-order valence-electron chi connectivity index (χ1n) is 7.17. The second kappa shape index (κ2) is 6.36. The second-order valence-corrected chi connectivity index (χ2v) is 5.27. The zero-order valence-electron chi connectivity index (χ0n) is 12.8. The Kier molecular flexibility index (Phi) is 4.34. The molecule has 1 N–H and O–H groups in total. The molecule has 10 heteroatoms. The number of halogens is 6. The van der Waals surface area contributed by atoms with Crippen LogP contribution < -0.4 is 10.7 Å². The molecule has 26 heavy (non-hydrogen) atoms. The third-order valence-corrected chi connectivity index (χ3v) is 3.51. The zero-order valence-corrected chi connectivity index (χ0v) is 12.8. The average Bonchev–Trinajstić information content (AvgIpc) is 2.61. The quantitative estimate of drug-likeness (QED) is 0.792. The van der Waals surface area contributed by atoms with E-state index >= 15 is 0 Å².